The summed E-state index contributed by atoms with van der Waals surface area (Å²) >= 11 is 0. The van der Waals surface area contributed by atoms with E-state index in [0.717, 1.165) is 11.3 Å². The first-order chi connectivity index (χ1) is 11.6. The zero-order valence-electron chi connectivity index (χ0n) is 13.6. The molecule has 24 heavy (non-hydrogen) atoms. The number of fused-ring (bicyclic) bond motifs is 1. The first kappa shape index (κ1) is 16.1. The number of para-hydroxylation sites is 1. The van der Waals surface area contributed by atoms with E-state index in [9.17, 15) is 9.59 Å². The number of benzene rings is 2. The molecule has 0 fully saturated rings. The molecule has 1 aliphatic heterocycles. The molecule has 2 aromatic rings. The van der Waals surface area contributed by atoms with E-state index in [2.05, 4.69) is 5.32 Å². The Labute approximate surface area is 141 Å². The van der Waals surface area contributed by atoms with Crippen LogP contribution in [0.4, 0.5) is 5.69 Å². The molecule has 0 radical (unpaired) electrons. The molecule has 0 aromatic heterocycles. The van der Waals surface area contributed by atoms with Gasteiger partial charge in [-0.3, -0.25) is 9.59 Å². The minimum Gasteiger partial charge on any atom is -0.494 e. The van der Waals surface area contributed by atoms with Crippen LogP contribution in [0, 0.1) is 6.92 Å². The molecule has 0 spiro atoms. The Hall–Kier alpha value is -2.82. The van der Waals surface area contributed by atoms with Gasteiger partial charge in [0.05, 0.1) is 24.4 Å². The second-order valence-electron chi connectivity index (χ2n) is 5.76. The zero-order chi connectivity index (χ0) is 16.9. The van der Waals surface area contributed by atoms with Crippen molar-refractivity contribution in [1.29, 1.82) is 0 Å². The topological polar surface area (TPSA) is 58.6 Å². The Kier molecular flexibility index (Phi) is 4.79. The SMILES string of the molecule is Cc1cccc(OCCCN2C(=O)CNC(=O)c3ccccc32)c1. The van der Waals surface area contributed by atoms with Crippen LogP contribution in [-0.2, 0) is 4.79 Å². The molecule has 1 heterocycles. The number of hydrogen-bond donors (Lipinski definition) is 1. The highest BCUT2D eigenvalue weighted by molar-refractivity contribution is 6.09. The number of ether oxygens (including phenoxy) is 1. The average molecular weight is 324 g/mol. The smallest absolute Gasteiger partial charge is 0.253 e. The van der Waals surface area contributed by atoms with E-state index in [4.69, 9.17) is 4.74 Å². The van der Waals surface area contributed by atoms with Gasteiger partial charge in [0.15, 0.2) is 0 Å². The van der Waals surface area contributed by atoms with Crippen molar-refractivity contribution < 1.29 is 14.3 Å². The number of anilines is 1. The molecule has 0 bridgehead atoms. The monoisotopic (exact) mass is 324 g/mol. The highest BCUT2D eigenvalue weighted by Crippen LogP contribution is 2.23. The first-order valence-corrected chi connectivity index (χ1v) is 8.02. The Balaban J connectivity index is 1.64. The number of nitrogens with zero attached hydrogens (tertiary/aromatic N) is 1. The number of carbonyl (C=O) groups is 2. The van der Waals surface area contributed by atoms with E-state index in [0.29, 0.717) is 30.8 Å². The van der Waals surface area contributed by atoms with Crippen LogP contribution in [0.15, 0.2) is 48.5 Å². The third-order valence-electron chi connectivity index (χ3n) is 3.93. The van der Waals surface area contributed by atoms with E-state index < -0.39 is 0 Å². The average Bonchev–Trinajstić information content (AvgIpc) is 2.70. The molecular formula is C19H20N2O3. The molecular weight excluding hydrogens is 304 g/mol. The molecule has 124 valence electrons. The van der Waals surface area contributed by atoms with Gasteiger partial charge in [0.2, 0.25) is 5.91 Å². The van der Waals surface area contributed by atoms with E-state index in [1.165, 1.54) is 0 Å². The molecule has 3 rings (SSSR count). The summed E-state index contributed by atoms with van der Waals surface area (Å²) in [5.74, 6) is 0.510. The summed E-state index contributed by atoms with van der Waals surface area (Å²) in [6.45, 7) is 3.06. The minimum atomic E-state index is -0.211. The maximum atomic E-state index is 12.3. The van der Waals surface area contributed by atoms with Crippen molar-refractivity contribution >= 4 is 17.5 Å². The van der Waals surface area contributed by atoms with Gasteiger partial charge in [-0.15, -0.1) is 0 Å². The zero-order valence-corrected chi connectivity index (χ0v) is 13.6. The number of carbonyl (C=O) groups excluding carboxylic acids is 2. The molecule has 1 N–H and O–H groups in total. The predicted molar refractivity (Wildman–Crippen MR) is 92.4 cm³/mol. The van der Waals surface area contributed by atoms with Gasteiger partial charge in [0, 0.05) is 6.54 Å². The Morgan fingerprint density at radius 2 is 1.96 bits per heavy atom. The largest absolute Gasteiger partial charge is 0.494 e. The van der Waals surface area contributed by atoms with Crippen molar-refractivity contribution in [3.63, 3.8) is 0 Å². The Morgan fingerprint density at radius 3 is 2.79 bits per heavy atom. The molecule has 5 nitrogen and oxygen atoms in total. The van der Waals surface area contributed by atoms with Crippen LogP contribution in [0.5, 0.6) is 5.75 Å². The van der Waals surface area contributed by atoms with Crippen LogP contribution in [0.3, 0.4) is 0 Å². The maximum Gasteiger partial charge on any atom is 0.253 e. The highest BCUT2D eigenvalue weighted by atomic mass is 16.5. The van der Waals surface area contributed by atoms with Crippen LogP contribution in [0.1, 0.15) is 22.3 Å². The van der Waals surface area contributed by atoms with E-state index in [-0.39, 0.29) is 18.4 Å². The number of aryl methyl sites for hydroxylation is 1. The lowest BCUT2D eigenvalue weighted by Crippen LogP contribution is -2.37. The van der Waals surface area contributed by atoms with Crippen molar-refractivity contribution in [3.8, 4) is 5.75 Å². The van der Waals surface area contributed by atoms with Gasteiger partial charge in [0.1, 0.15) is 5.75 Å². The molecule has 1 aliphatic rings. The molecule has 0 unspecified atom stereocenters. The first-order valence-electron chi connectivity index (χ1n) is 8.02. The molecule has 0 saturated heterocycles. The van der Waals surface area contributed by atoms with Crippen molar-refractivity contribution in [2.75, 3.05) is 24.6 Å². The summed E-state index contributed by atoms with van der Waals surface area (Å²) in [5, 5.41) is 2.64. The van der Waals surface area contributed by atoms with Gasteiger partial charge in [-0.1, -0.05) is 24.3 Å². The summed E-state index contributed by atoms with van der Waals surface area (Å²) < 4.78 is 5.73. The van der Waals surface area contributed by atoms with Gasteiger partial charge in [0.25, 0.3) is 5.91 Å². The molecule has 2 amide bonds. The molecule has 0 aliphatic carbocycles. The summed E-state index contributed by atoms with van der Waals surface area (Å²) in [6, 6.07) is 15.0. The van der Waals surface area contributed by atoms with Gasteiger partial charge in [-0.2, -0.15) is 0 Å². The Morgan fingerprint density at radius 1 is 1.12 bits per heavy atom. The molecule has 0 atom stereocenters. The standard InChI is InChI=1S/C19H20N2O3/c1-14-6-4-7-15(12-14)24-11-5-10-21-17-9-3-2-8-16(17)19(23)20-13-18(21)22/h2-4,6-9,12H,5,10-11,13H2,1H3,(H,20,23). The van der Waals surface area contributed by atoms with Gasteiger partial charge >= 0.3 is 0 Å². The molecule has 5 heteroatoms. The minimum absolute atomic E-state index is 0.0201. The van der Waals surface area contributed by atoms with Crippen molar-refractivity contribution in [3.05, 3.63) is 59.7 Å². The number of amides is 2. The second kappa shape index (κ2) is 7.17. The number of rotatable bonds is 5. The van der Waals surface area contributed by atoms with Crippen molar-refractivity contribution in [1.82, 2.24) is 5.32 Å². The third kappa shape index (κ3) is 3.56. The van der Waals surface area contributed by atoms with E-state index in [1.807, 2.05) is 37.3 Å². The van der Waals surface area contributed by atoms with Crippen LogP contribution < -0.4 is 15.0 Å². The molecule has 0 saturated carbocycles. The van der Waals surface area contributed by atoms with Crippen LogP contribution in [0.25, 0.3) is 0 Å². The quantitative estimate of drug-likeness (QED) is 0.860. The summed E-state index contributed by atoms with van der Waals surface area (Å²) in [6.07, 6.45) is 0.683. The highest BCUT2D eigenvalue weighted by Gasteiger charge is 2.25. The van der Waals surface area contributed by atoms with Crippen molar-refractivity contribution in [2.24, 2.45) is 0 Å². The lowest BCUT2D eigenvalue weighted by atomic mass is 10.1. The van der Waals surface area contributed by atoms with Crippen LogP contribution in [-0.4, -0.2) is 31.5 Å². The van der Waals surface area contributed by atoms with Crippen LogP contribution >= 0.6 is 0 Å². The third-order valence-corrected chi connectivity index (χ3v) is 3.93. The fourth-order valence-electron chi connectivity index (χ4n) is 2.74. The normalized spacial score (nSPS) is 14.0. The fourth-order valence-corrected chi connectivity index (χ4v) is 2.74. The van der Waals surface area contributed by atoms with Gasteiger partial charge in [-0.05, 0) is 43.2 Å². The summed E-state index contributed by atoms with van der Waals surface area (Å²) in [5.41, 5.74) is 2.34. The summed E-state index contributed by atoms with van der Waals surface area (Å²) in [7, 11) is 0. The maximum absolute atomic E-state index is 12.3. The molecule has 2 aromatic carbocycles. The van der Waals surface area contributed by atoms with E-state index in [1.54, 1.807) is 23.1 Å². The number of hydrogen-bond acceptors (Lipinski definition) is 3. The van der Waals surface area contributed by atoms with Gasteiger partial charge < -0.3 is 15.0 Å². The summed E-state index contributed by atoms with van der Waals surface area (Å²) in [4.78, 5) is 26.0. The van der Waals surface area contributed by atoms with Crippen LogP contribution in [0.2, 0.25) is 0 Å². The predicted octanol–water partition coefficient (Wildman–Crippen LogP) is 2.54. The van der Waals surface area contributed by atoms with Crippen molar-refractivity contribution in [2.45, 2.75) is 13.3 Å². The second-order valence-corrected chi connectivity index (χ2v) is 5.76. The number of nitrogens with one attached hydrogen (secondary N) is 1. The van der Waals surface area contributed by atoms with E-state index >= 15 is 0 Å². The lowest BCUT2D eigenvalue weighted by Gasteiger charge is -2.22. The lowest BCUT2D eigenvalue weighted by molar-refractivity contribution is -0.117. The Bertz CT molecular complexity index is 758. The van der Waals surface area contributed by atoms with Gasteiger partial charge in [-0.25, -0.2) is 0 Å². The fraction of sp³-hybridized carbons (Fsp3) is 0.263.